The van der Waals surface area contributed by atoms with Crippen LogP contribution in [0.25, 0.3) is 24.3 Å². The van der Waals surface area contributed by atoms with Crippen molar-refractivity contribution >= 4 is 24.3 Å². The summed E-state index contributed by atoms with van der Waals surface area (Å²) in [6, 6.07) is 34.5. The largest absolute Gasteiger partial charge is 3.00 e. The third-order valence-electron chi connectivity index (χ3n) is 4.94. The third kappa shape index (κ3) is 7.82. The number of nitrogens with zero attached hydrogens (tertiary/aromatic N) is 1. The minimum absolute atomic E-state index is 0. The molecule has 32 heavy (non-hydrogen) atoms. The van der Waals surface area contributed by atoms with Crippen LogP contribution in [-0.2, 0) is 39.1 Å². The Hall–Kier alpha value is -2.61. The molecule has 0 bridgehead atoms. The second-order valence-electron chi connectivity index (χ2n) is 7.39. The number of rotatable bonds is 6. The van der Waals surface area contributed by atoms with Gasteiger partial charge in [-0.2, -0.15) is 35.9 Å². The summed E-state index contributed by atoms with van der Waals surface area (Å²) in [5, 5.41) is 0. The van der Waals surface area contributed by atoms with Crippen LogP contribution in [0.2, 0.25) is 0 Å². The van der Waals surface area contributed by atoms with Crippen LogP contribution in [0.1, 0.15) is 39.2 Å². The minimum atomic E-state index is 0. The Morgan fingerprint density at radius 3 is 1.72 bits per heavy atom. The summed E-state index contributed by atoms with van der Waals surface area (Å²) >= 11 is 0. The molecule has 0 amide bonds. The number of hydrogen-bond acceptors (Lipinski definition) is 1. The summed E-state index contributed by atoms with van der Waals surface area (Å²) in [5.41, 5.74) is 8.12. The van der Waals surface area contributed by atoms with Gasteiger partial charge in [0.25, 0.3) is 0 Å². The van der Waals surface area contributed by atoms with E-state index in [2.05, 4.69) is 98.0 Å². The molecule has 0 fully saturated rings. The average molecular weight is 490 g/mol. The van der Waals surface area contributed by atoms with Crippen molar-refractivity contribution in [1.82, 2.24) is 4.98 Å². The molecule has 0 atom stereocenters. The standard InChI is InChI=1S/C29H24N.CH3.Y/c1-23-10-12-24(13-11-23)18-20-28-8-5-9-29(30-28)21-19-25-14-16-27(17-15-25)22-26-6-3-2-4-7-26;;/h3-21H,22H2,1H3;1H3;/q2*-1;+3/b20-18+,21-19+;;. The Morgan fingerprint density at radius 1 is 0.656 bits per heavy atom. The Kier molecular flexibility index (Phi) is 10.5. The summed E-state index contributed by atoms with van der Waals surface area (Å²) in [6.45, 7) is 2.10. The number of aromatic nitrogens is 1. The molecule has 0 aliphatic rings. The van der Waals surface area contributed by atoms with Gasteiger partial charge in [0.05, 0.1) is 11.4 Å². The molecule has 3 aromatic carbocycles. The van der Waals surface area contributed by atoms with Crippen molar-refractivity contribution in [3.8, 4) is 0 Å². The predicted octanol–water partition coefficient (Wildman–Crippen LogP) is 7.57. The van der Waals surface area contributed by atoms with E-state index in [1.54, 1.807) is 0 Å². The molecule has 1 heterocycles. The molecule has 0 spiro atoms. The van der Waals surface area contributed by atoms with Crippen LogP contribution in [0.15, 0.2) is 91.0 Å². The Labute approximate surface area is 217 Å². The van der Waals surface area contributed by atoms with Gasteiger partial charge in [0.1, 0.15) is 0 Å². The van der Waals surface area contributed by atoms with Gasteiger partial charge in [0, 0.05) is 0 Å². The van der Waals surface area contributed by atoms with E-state index >= 15 is 0 Å². The molecule has 0 saturated carbocycles. The zero-order valence-electron chi connectivity index (χ0n) is 18.7. The molecule has 0 saturated heterocycles. The van der Waals surface area contributed by atoms with Gasteiger partial charge in [0.15, 0.2) is 0 Å². The van der Waals surface area contributed by atoms with Gasteiger partial charge in [-0.1, -0.05) is 72.3 Å². The van der Waals surface area contributed by atoms with Gasteiger partial charge in [-0.05, 0) is 54.3 Å². The second kappa shape index (κ2) is 13.1. The molecule has 1 nitrogen and oxygen atoms in total. The van der Waals surface area contributed by atoms with Crippen LogP contribution >= 0.6 is 0 Å². The van der Waals surface area contributed by atoms with E-state index in [0.29, 0.717) is 0 Å². The first-order chi connectivity index (χ1) is 14.7. The number of pyridine rings is 1. The normalized spacial score (nSPS) is 10.7. The SMILES string of the molecule is Cc1ccc(/C=C/c2cccc(/C=C/c3ccc(Cc4cc[c-]cc4)cc3)n2)cc1.[CH3-].[Y+3]. The maximum atomic E-state index is 4.72. The fourth-order valence-electron chi connectivity index (χ4n) is 3.22. The molecule has 0 unspecified atom stereocenters. The molecule has 4 aromatic rings. The maximum absolute atomic E-state index is 4.72. The molecular weight excluding hydrogens is 463 g/mol. The Morgan fingerprint density at radius 2 is 1.16 bits per heavy atom. The van der Waals surface area contributed by atoms with Gasteiger partial charge in [-0.15, -0.1) is 0 Å². The summed E-state index contributed by atoms with van der Waals surface area (Å²) in [4.78, 5) is 4.72. The van der Waals surface area contributed by atoms with E-state index in [-0.39, 0.29) is 40.1 Å². The summed E-state index contributed by atoms with van der Waals surface area (Å²) < 4.78 is 0. The summed E-state index contributed by atoms with van der Waals surface area (Å²) in [6.07, 6.45) is 9.26. The zero-order chi connectivity index (χ0) is 20.6. The van der Waals surface area contributed by atoms with E-state index < -0.39 is 0 Å². The van der Waals surface area contributed by atoms with Gasteiger partial charge in [-0.3, -0.25) is 0 Å². The van der Waals surface area contributed by atoms with Gasteiger partial charge in [0.2, 0.25) is 0 Å². The van der Waals surface area contributed by atoms with Crippen LogP contribution in [0.4, 0.5) is 0 Å². The number of aryl methyl sites for hydroxylation is 1. The average Bonchev–Trinajstić information content (AvgIpc) is 2.79. The quantitative estimate of drug-likeness (QED) is 0.254. The fourth-order valence-corrected chi connectivity index (χ4v) is 3.22. The van der Waals surface area contributed by atoms with Crippen LogP contribution < -0.4 is 0 Å². The molecular formula is C30H27NY+. The Bertz CT molecular complexity index is 1140. The van der Waals surface area contributed by atoms with Crippen molar-refractivity contribution in [2.24, 2.45) is 0 Å². The predicted molar refractivity (Wildman–Crippen MR) is 134 cm³/mol. The van der Waals surface area contributed by atoms with E-state index in [1.807, 2.05) is 30.3 Å². The number of benzene rings is 3. The molecule has 154 valence electrons. The van der Waals surface area contributed by atoms with E-state index in [0.717, 1.165) is 17.8 Å². The second-order valence-corrected chi connectivity index (χ2v) is 7.39. The van der Waals surface area contributed by atoms with Crippen molar-refractivity contribution < 1.29 is 32.7 Å². The van der Waals surface area contributed by atoms with Crippen molar-refractivity contribution in [2.45, 2.75) is 13.3 Å². The number of hydrogen-bond donors (Lipinski definition) is 0. The molecule has 0 aliphatic carbocycles. The monoisotopic (exact) mass is 490 g/mol. The molecule has 0 radical (unpaired) electrons. The molecule has 4 rings (SSSR count). The molecule has 1 aromatic heterocycles. The van der Waals surface area contributed by atoms with Crippen molar-refractivity contribution in [3.63, 3.8) is 0 Å². The third-order valence-corrected chi connectivity index (χ3v) is 4.94. The van der Waals surface area contributed by atoms with E-state index in [4.69, 9.17) is 4.98 Å². The van der Waals surface area contributed by atoms with E-state index in [9.17, 15) is 0 Å². The van der Waals surface area contributed by atoms with Gasteiger partial charge in [-0.25, -0.2) is 4.98 Å². The first-order valence-electron chi connectivity index (χ1n) is 10.2. The van der Waals surface area contributed by atoms with Crippen molar-refractivity contribution in [3.05, 3.63) is 144 Å². The van der Waals surface area contributed by atoms with Crippen LogP contribution in [0.3, 0.4) is 0 Å². The fraction of sp³-hybridized carbons (Fsp3) is 0.0667. The smallest absolute Gasteiger partial charge is 0.358 e. The van der Waals surface area contributed by atoms with E-state index in [1.165, 1.54) is 27.8 Å². The first kappa shape index (κ1) is 25.7. The van der Waals surface area contributed by atoms with Crippen LogP contribution in [0.5, 0.6) is 0 Å². The molecule has 0 N–H and O–H groups in total. The summed E-state index contributed by atoms with van der Waals surface area (Å²) in [5.74, 6) is 0. The topological polar surface area (TPSA) is 12.9 Å². The maximum Gasteiger partial charge on any atom is 3.00 e. The minimum Gasteiger partial charge on any atom is -0.358 e. The van der Waals surface area contributed by atoms with Crippen LogP contribution in [-0.4, -0.2) is 4.98 Å². The molecule has 2 heteroatoms. The van der Waals surface area contributed by atoms with Crippen molar-refractivity contribution in [1.29, 1.82) is 0 Å². The van der Waals surface area contributed by atoms with Crippen LogP contribution in [0, 0.1) is 20.4 Å². The van der Waals surface area contributed by atoms with Gasteiger partial charge >= 0.3 is 32.7 Å². The first-order valence-corrected chi connectivity index (χ1v) is 10.2. The summed E-state index contributed by atoms with van der Waals surface area (Å²) in [7, 11) is 0. The molecule has 0 aliphatic heterocycles. The Balaban J connectivity index is 0.00000181. The van der Waals surface area contributed by atoms with Gasteiger partial charge < -0.3 is 7.43 Å². The zero-order valence-corrected chi connectivity index (χ0v) is 21.5. The van der Waals surface area contributed by atoms with Crippen molar-refractivity contribution in [2.75, 3.05) is 0 Å².